The molecule has 2 aliphatic rings. The predicted octanol–water partition coefficient (Wildman–Crippen LogP) is 3.87. The number of hydrogen-bond donors (Lipinski definition) is 1. The Morgan fingerprint density at radius 3 is 2.38 bits per heavy atom. The molecule has 1 heteroatoms. The number of hydrogen-bond acceptors (Lipinski definition) is 1. The van der Waals surface area contributed by atoms with E-state index in [2.05, 4.69) is 6.08 Å². The van der Waals surface area contributed by atoms with Gasteiger partial charge in [-0.2, -0.15) is 0 Å². The van der Waals surface area contributed by atoms with E-state index in [9.17, 15) is 5.11 Å². The van der Waals surface area contributed by atoms with Crippen molar-refractivity contribution >= 4 is 0 Å². The van der Waals surface area contributed by atoms with E-state index in [1.165, 1.54) is 49.7 Å². The minimum absolute atomic E-state index is 0.680. The lowest BCUT2D eigenvalue weighted by Crippen LogP contribution is -2.04. The van der Waals surface area contributed by atoms with Crippen molar-refractivity contribution in [2.24, 2.45) is 0 Å². The van der Waals surface area contributed by atoms with Gasteiger partial charge in [0.05, 0.1) is 5.76 Å². The fourth-order valence-electron chi connectivity index (χ4n) is 2.35. The van der Waals surface area contributed by atoms with Gasteiger partial charge in [0, 0.05) is 6.42 Å². The second-order valence-electron chi connectivity index (χ2n) is 4.11. The average Bonchev–Trinajstić information content (AvgIpc) is 2.20. The molecule has 0 aromatic carbocycles. The Bertz CT molecular complexity index is 248. The Labute approximate surface area is 80.2 Å². The smallest absolute Gasteiger partial charge is 0.0957 e. The summed E-state index contributed by atoms with van der Waals surface area (Å²) in [4.78, 5) is 0. The minimum Gasteiger partial charge on any atom is -0.512 e. The van der Waals surface area contributed by atoms with Crippen LogP contribution in [0.4, 0.5) is 0 Å². The number of rotatable bonds is 1. The molecule has 0 radical (unpaired) electrons. The third-order valence-electron chi connectivity index (χ3n) is 3.12. The standard InChI is InChI=1S/C12H18O/c13-12-9-5-4-8-11(12)10-6-2-1-3-7-10/h6,13H,1-5,7-9H2. The van der Waals surface area contributed by atoms with Crippen molar-refractivity contribution < 1.29 is 5.11 Å². The molecule has 0 heterocycles. The van der Waals surface area contributed by atoms with Crippen LogP contribution < -0.4 is 0 Å². The number of allylic oxidation sites excluding steroid dienone is 4. The molecule has 0 aromatic rings. The van der Waals surface area contributed by atoms with E-state index in [0.717, 1.165) is 12.8 Å². The Morgan fingerprint density at radius 2 is 1.69 bits per heavy atom. The quantitative estimate of drug-likeness (QED) is 0.646. The molecule has 2 aliphatic carbocycles. The van der Waals surface area contributed by atoms with Crippen LogP contribution in [0.5, 0.6) is 0 Å². The van der Waals surface area contributed by atoms with Crippen LogP contribution in [0.2, 0.25) is 0 Å². The van der Waals surface area contributed by atoms with Crippen molar-refractivity contribution in [3.63, 3.8) is 0 Å². The number of aliphatic hydroxyl groups is 1. The normalized spacial score (nSPS) is 24.5. The molecule has 1 N–H and O–H groups in total. The molecule has 72 valence electrons. The van der Waals surface area contributed by atoms with E-state index >= 15 is 0 Å². The lowest BCUT2D eigenvalue weighted by atomic mass is 9.86. The maximum atomic E-state index is 9.76. The zero-order chi connectivity index (χ0) is 9.10. The van der Waals surface area contributed by atoms with Gasteiger partial charge in [0.25, 0.3) is 0 Å². The van der Waals surface area contributed by atoms with Gasteiger partial charge >= 0.3 is 0 Å². The molecular weight excluding hydrogens is 160 g/mol. The third-order valence-corrected chi connectivity index (χ3v) is 3.12. The lowest BCUT2D eigenvalue weighted by Gasteiger charge is -2.21. The Hall–Kier alpha value is -0.720. The summed E-state index contributed by atoms with van der Waals surface area (Å²) in [6.45, 7) is 0. The van der Waals surface area contributed by atoms with Crippen LogP contribution in [0.25, 0.3) is 0 Å². The van der Waals surface area contributed by atoms with Crippen LogP contribution in [0.15, 0.2) is 23.0 Å². The molecule has 0 aromatic heterocycles. The molecule has 0 saturated heterocycles. The van der Waals surface area contributed by atoms with Crippen molar-refractivity contribution in [3.05, 3.63) is 23.0 Å². The molecule has 0 saturated carbocycles. The highest BCUT2D eigenvalue weighted by molar-refractivity contribution is 5.34. The Kier molecular flexibility index (Phi) is 2.72. The lowest BCUT2D eigenvalue weighted by molar-refractivity contribution is 0.359. The second-order valence-corrected chi connectivity index (χ2v) is 4.11. The van der Waals surface area contributed by atoms with Gasteiger partial charge in [-0.1, -0.05) is 6.08 Å². The molecule has 2 rings (SSSR count). The summed E-state index contributed by atoms with van der Waals surface area (Å²) in [5.74, 6) is 0.680. The first-order valence-corrected chi connectivity index (χ1v) is 5.48. The minimum atomic E-state index is 0.680. The fraction of sp³-hybridized carbons (Fsp3) is 0.667. The summed E-state index contributed by atoms with van der Waals surface area (Å²) in [6.07, 6.45) is 11.8. The van der Waals surface area contributed by atoms with Gasteiger partial charge in [-0.05, 0) is 56.1 Å². The fourth-order valence-corrected chi connectivity index (χ4v) is 2.35. The summed E-state index contributed by atoms with van der Waals surface area (Å²) in [7, 11) is 0. The molecule has 0 atom stereocenters. The molecular formula is C12H18O. The average molecular weight is 178 g/mol. The van der Waals surface area contributed by atoms with Crippen molar-refractivity contribution in [2.45, 2.75) is 51.4 Å². The van der Waals surface area contributed by atoms with Gasteiger partial charge in [0.1, 0.15) is 0 Å². The van der Waals surface area contributed by atoms with E-state index in [1.54, 1.807) is 0 Å². The zero-order valence-electron chi connectivity index (χ0n) is 8.18. The van der Waals surface area contributed by atoms with Gasteiger partial charge in [-0.15, -0.1) is 0 Å². The van der Waals surface area contributed by atoms with E-state index in [-0.39, 0.29) is 0 Å². The van der Waals surface area contributed by atoms with Gasteiger partial charge < -0.3 is 5.11 Å². The maximum Gasteiger partial charge on any atom is 0.0957 e. The van der Waals surface area contributed by atoms with Gasteiger partial charge in [0.15, 0.2) is 0 Å². The summed E-state index contributed by atoms with van der Waals surface area (Å²) >= 11 is 0. The summed E-state index contributed by atoms with van der Waals surface area (Å²) in [5, 5.41) is 9.76. The van der Waals surface area contributed by atoms with Crippen LogP contribution in [-0.2, 0) is 0 Å². The van der Waals surface area contributed by atoms with Crippen LogP contribution in [0.1, 0.15) is 51.4 Å². The second kappa shape index (κ2) is 3.99. The predicted molar refractivity (Wildman–Crippen MR) is 54.7 cm³/mol. The maximum absolute atomic E-state index is 9.76. The Morgan fingerprint density at radius 1 is 0.923 bits per heavy atom. The van der Waals surface area contributed by atoms with E-state index < -0.39 is 0 Å². The molecule has 0 aliphatic heterocycles. The van der Waals surface area contributed by atoms with Gasteiger partial charge in [0.2, 0.25) is 0 Å². The SMILES string of the molecule is OC1=C(C2=CCCCC2)CCCC1. The largest absolute Gasteiger partial charge is 0.512 e. The first-order chi connectivity index (χ1) is 6.38. The molecule has 1 nitrogen and oxygen atoms in total. The summed E-state index contributed by atoms with van der Waals surface area (Å²) in [5.41, 5.74) is 2.73. The molecule has 0 bridgehead atoms. The monoisotopic (exact) mass is 178 g/mol. The topological polar surface area (TPSA) is 20.2 Å². The van der Waals surface area contributed by atoms with Crippen molar-refractivity contribution in [1.29, 1.82) is 0 Å². The summed E-state index contributed by atoms with van der Waals surface area (Å²) < 4.78 is 0. The third kappa shape index (κ3) is 1.96. The van der Waals surface area contributed by atoms with Crippen molar-refractivity contribution in [1.82, 2.24) is 0 Å². The molecule has 0 spiro atoms. The van der Waals surface area contributed by atoms with E-state index in [0.29, 0.717) is 5.76 Å². The highest BCUT2D eigenvalue weighted by atomic mass is 16.3. The molecule has 13 heavy (non-hydrogen) atoms. The van der Waals surface area contributed by atoms with Gasteiger partial charge in [-0.3, -0.25) is 0 Å². The summed E-state index contributed by atoms with van der Waals surface area (Å²) in [6, 6.07) is 0. The molecule has 0 fully saturated rings. The van der Waals surface area contributed by atoms with Crippen LogP contribution in [-0.4, -0.2) is 5.11 Å². The Balaban J connectivity index is 2.17. The zero-order valence-corrected chi connectivity index (χ0v) is 8.18. The van der Waals surface area contributed by atoms with Crippen molar-refractivity contribution in [3.8, 4) is 0 Å². The van der Waals surface area contributed by atoms with Crippen LogP contribution in [0.3, 0.4) is 0 Å². The first-order valence-electron chi connectivity index (χ1n) is 5.48. The van der Waals surface area contributed by atoms with Crippen LogP contribution >= 0.6 is 0 Å². The van der Waals surface area contributed by atoms with E-state index in [1.807, 2.05) is 0 Å². The highest BCUT2D eigenvalue weighted by Crippen LogP contribution is 2.33. The first kappa shape index (κ1) is 8.86. The molecule has 0 amide bonds. The van der Waals surface area contributed by atoms with Crippen molar-refractivity contribution in [2.75, 3.05) is 0 Å². The van der Waals surface area contributed by atoms with Gasteiger partial charge in [-0.25, -0.2) is 0 Å². The van der Waals surface area contributed by atoms with E-state index in [4.69, 9.17) is 0 Å². The number of aliphatic hydroxyl groups excluding tert-OH is 1. The van der Waals surface area contributed by atoms with Crippen LogP contribution in [0, 0.1) is 0 Å². The highest BCUT2D eigenvalue weighted by Gasteiger charge is 2.16. The molecule has 0 unspecified atom stereocenters.